The molecule has 2 atom stereocenters. The van der Waals surface area contributed by atoms with Gasteiger partial charge in [0, 0.05) is 31.7 Å². The lowest BCUT2D eigenvalue weighted by atomic mass is 9.51. The SMILES string of the molecule is CCOC1CC(NC(=NC)NCc2ccc(OC)c(OC)c2)C12CCC2.I. The molecule has 7 heteroatoms. The number of ether oxygens (including phenoxy) is 3. The summed E-state index contributed by atoms with van der Waals surface area (Å²) in [6, 6.07) is 6.39. The molecule has 0 aliphatic heterocycles. The molecule has 0 aromatic heterocycles. The molecule has 2 fully saturated rings. The molecular weight excluding hydrogens is 457 g/mol. The quantitative estimate of drug-likeness (QED) is 0.350. The zero-order chi connectivity index (χ0) is 18.6. The average Bonchev–Trinajstić information content (AvgIpc) is 2.61. The van der Waals surface area contributed by atoms with E-state index in [9.17, 15) is 0 Å². The van der Waals surface area contributed by atoms with Gasteiger partial charge in [0.15, 0.2) is 17.5 Å². The minimum Gasteiger partial charge on any atom is -0.493 e. The fourth-order valence-electron chi connectivity index (χ4n) is 4.18. The van der Waals surface area contributed by atoms with Gasteiger partial charge in [-0.3, -0.25) is 4.99 Å². The summed E-state index contributed by atoms with van der Waals surface area (Å²) >= 11 is 0. The first-order chi connectivity index (χ1) is 12.7. The van der Waals surface area contributed by atoms with Gasteiger partial charge in [-0.2, -0.15) is 0 Å². The molecule has 2 saturated carbocycles. The summed E-state index contributed by atoms with van der Waals surface area (Å²) in [5.41, 5.74) is 1.43. The summed E-state index contributed by atoms with van der Waals surface area (Å²) in [7, 11) is 5.11. The number of benzene rings is 1. The Bertz CT molecular complexity index is 649. The molecule has 3 rings (SSSR count). The second-order valence-corrected chi connectivity index (χ2v) is 7.08. The Kier molecular flexibility index (Phi) is 8.03. The third kappa shape index (κ3) is 4.45. The third-order valence-electron chi connectivity index (χ3n) is 5.88. The second-order valence-electron chi connectivity index (χ2n) is 7.08. The van der Waals surface area contributed by atoms with Gasteiger partial charge in [-0.1, -0.05) is 12.5 Å². The van der Waals surface area contributed by atoms with Crippen LogP contribution in [-0.2, 0) is 11.3 Å². The first kappa shape index (κ1) is 22.1. The Morgan fingerprint density at radius 1 is 1.22 bits per heavy atom. The number of aliphatic imine (C=N–C) groups is 1. The van der Waals surface area contributed by atoms with Crippen LogP contribution in [0.25, 0.3) is 0 Å². The van der Waals surface area contributed by atoms with Crippen molar-refractivity contribution in [3.05, 3.63) is 23.8 Å². The highest BCUT2D eigenvalue weighted by Crippen LogP contribution is 2.57. The van der Waals surface area contributed by atoms with Gasteiger partial charge in [-0.25, -0.2) is 0 Å². The zero-order valence-electron chi connectivity index (χ0n) is 16.7. The van der Waals surface area contributed by atoms with Crippen LogP contribution in [0.3, 0.4) is 0 Å². The summed E-state index contributed by atoms with van der Waals surface area (Å²) < 4.78 is 16.6. The van der Waals surface area contributed by atoms with E-state index in [2.05, 4.69) is 22.5 Å². The summed E-state index contributed by atoms with van der Waals surface area (Å²) in [5, 5.41) is 7.02. The van der Waals surface area contributed by atoms with Crippen LogP contribution in [0.15, 0.2) is 23.2 Å². The first-order valence-corrected chi connectivity index (χ1v) is 9.46. The van der Waals surface area contributed by atoms with Gasteiger partial charge >= 0.3 is 0 Å². The van der Waals surface area contributed by atoms with Crippen molar-refractivity contribution in [1.29, 1.82) is 0 Å². The van der Waals surface area contributed by atoms with Crippen LogP contribution in [0, 0.1) is 5.41 Å². The number of guanidine groups is 1. The molecule has 1 aromatic carbocycles. The highest BCUT2D eigenvalue weighted by atomic mass is 127. The van der Waals surface area contributed by atoms with Crippen LogP contribution in [0.1, 0.15) is 38.2 Å². The van der Waals surface area contributed by atoms with E-state index in [0.717, 1.165) is 36.0 Å². The molecule has 1 spiro atoms. The number of nitrogens with one attached hydrogen (secondary N) is 2. The minimum absolute atomic E-state index is 0. The van der Waals surface area contributed by atoms with E-state index in [1.165, 1.54) is 19.3 Å². The number of hydrogen-bond donors (Lipinski definition) is 2. The number of rotatable bonds is 7. The lowest BCUT2D eigenvalue weighted by molar-refractivity contribution is -0.168. The highest BCUT2D eigenvalue weighted by Gasteiger charge is 2.59. The van der Waals surface area contributed by atoms with Crippen LogP contribution in [-0.4, -0.2) is 46.0 Å². The van der Waals surface area contributed by atoms with Crippen LogP contribution < -0.4 is 20.1 Å². The Balaban J connectivity index is 0.00000261. The molecule has 2 aliphatic carbocycles. The largest absolute Gasteiger partial charge is 0.493 e. The highest BCUT2D eigenvalue weighted by molar-refractivity contribution is 14.0. The van der Waals surface area contributed by atoms with Gasteiger partial charge < -0.3 is 24.8 Å². The van der Waals surface area contributed by atoms with Crippen LogP contribution in [0.4, 0.5) is 0 Å². The number of methoxy groups -OCH3 is 2. The number of nitrogens with zero attached hydrogens (tertiary/aromatic N) is 1. The van der Waals surface area contributed by atoms with Crippen LogP contribution in [0.5, 0.6) is 11.5 Å². The molecule has 2 aliphatic rings. The van der Waals surface area contributed by atoms with E-state index < -0.39 is 0 Å². The van der Waals surface area contributed by atoms with Crippen molar-refractivity contribution in [1.82, 2.24) is 10.6 Å². The average molecular weight is 489 g/mol. The molecule has 0 heterocycles. The molecule has 1 aromatic rings. The van der Waals surface area contributed by atoms with Gasteiger partial charge in [0.2, 0.25) is 0 Å². The molecule has 152 valence electrons. The van der Waals surface area contributed by atoms with E-state index in [-0.39, 0.29) is 24.0 Å². The van der Waals surface area contributed by atoms with Crippen molar-refractivity contribution in [2.75, 3.05) is 27.9 Å². The Hall–Kier alpha value is -1.22. The van der Waals surface area contributed by atoms with Gasteiger partial charge in [0.25, 0.3) is 0 Å². The molecule has 27 heavy (non-hydrogen) atoms. The smallest absolute Gasteiger partial charge is 0.191 e. The maximum absolute atomic E-state index is 5.93. The lowest BCUT2D eigenvalue weighted by Crippen LogP contribution is -2.68. The fourth-order valence-corrected chi connectivity index (χ4v) is 4.18. The Labute approximate surface area is 179 Å². The second kappa shape index (κ2) is 9.82. The number of halogens is 1. The van der Waals surface area contributed by atoms with Crippen molar-refractivity contribution in [3.63, 3.8) is 0 Å². The van der Waals surface area contributed by atoms with Crippen molar-refractivity contribution in [3.8, 4) is 11.5 Å². The lowest BCUT2D eigenvalue weighted by Gasteiger charge is -2.61. The van der Waals surface area contributed by atoms with Gasteiger partial charge in [-0.05, 0) is 43.9 Å². The maximum Gasteiger partial charge on any atom is 0.191 e. The monoisotopic (exact) mass is 489 g/mol. The van der Waals surface area contributed by atoms with Crippen molar-refractivity contribution in [2.24, 2.45) is 10.4 Å². The molecule has 6 nitrogen and oxygen atoms in total. The molecular formula is C20H32IN3O3. The van der Waals surface area contributed by atoms with Crippen LogP contribution in [0.2, 0.25) is 0 Å². The summed E-state index contributed by atoms with van der Waals surface area (Å²) in [6.45, 7) is 3.55. The molecule has 0 saturated heterocycles. The topological polar surface area (TPSA) is 64.1 Å². The van der Waals surface area contributed by atoms with E-state index >= 15 is 0 Å². The summed E-state index contributed by atoms with van der Waals surface area (Å²) in [5.74, 6) is 2.31. The first-order valence-electron chi connectivity index (χ1n) is 9.46. The summed E-state index contributed by atoms with van der Waals surface area (Å²) in [6.07, 6.45) is 5.27. The molecule has 0 amide bonds. The molecule has 0 bridgehead atoms. The number of hydrogen-bond acceptors (Lipinski definition) is 4. The maximum atomic E-state index is 5.93. The summed E-state index contributed by atoms with van der Waals surface area (Å²) in [4.78, 5) is 4.39. The van der Waals surface area contributed by atoms with E-state index in [1.54, 1.807) is 14.2 Å². The Morgan fingerprint density at radius 2 is 1.96 bits per heavy atom. The van der Waals surface area contributed by atoms with Crippen LogP contribution >= 0.6 is 24.0 Å². The van der Waals surface area contributed by atoms with E-state index in [0.29, 0.717) is 24.1 Å². The Morgan fingerprint density at radius 3 is 2.52 bits per heavy atom. The zero-order valence-corrected chi connectivity index (χ0v) is 19.0. The molecule has 2 unspecified atom stereocenters. The molecule has 2 N–H and O–H groups in total. The van der Waals surface area contributed by atoms with Crippen molar-refractivity contribution in [2.45, 2.75) is 51.3 Å². The van der Waals surface area contributed by atoms with E-state index in [1.807, 2.05) is 25.2 Å². The normalized spacial score (nSPS) is 22.9. The third-order valence-corrected chi connectivity index (χ3v) is 5.88. The van der Waals surface area contributed by atoms with Crippen molar-refractivity contribution < 1.29 is 14.2 Å². The standard InChI is InChI=1S/C20H31N3O3.HI/c1-5-26-18-12-17(20(18)9-6-10-20)23-19(21-2)22-13-14-7-8-15(24-3)16(11-14)25-4;/h7-8,11,17-18H,5-6,9-10,12-13H2,1-4H3,(H2,21,22,23);1H. The predicted octanol–water partition coefficient (Wildman–Crippen LogP) is 3.33. The van der Waals surface area contributed by atoms with E-state index in [4.69, 9.17) is 14.2 Å². The van der Waals surface area contributed by atoms with Gasteiger partial charge in [-0.15, -0.1) is 24.0 Å². The predicted molar refractivity (Wildman–Crippen MR) is 118 cm³/mol. The van der Waals surface area contributed by atoms with Gasteiger partial charge in [0.05, 0.1) is 20.3 Å². The van der Waals surface area contributed by atoms with Gasteiger partial charge in [0.1, 0.15) is 0 Å². The molecule has 0 radical (unpaired) electrons. The minimum atomic E-state index is 0. The fraction of sp³-hybridized carbons (Fsp3) is 0.650. The van der Waals surface area contributed by atoms with Crippen molar-refractivity contribution >= 4 is 29.9 Å².